The Kier molecular flexibility index (Phi) is 4.26. The third-order valence-electron chi connectivity index (χ3n) is 1.41. The van der Waals surface area contributed by atoms with Crippen molar-refractivity contribution >= 4 is 17.7 Å². The van der Waals surface area contributed by atoms with Gasteiger partial charge in [-0.05, 0) is 6.92 Å². The second-order valence-electron chi connectivity index (χ2n) is 4.70. The zero-order valence-electron chi connectivity index (χ0n) is 8.89. The topological polar surface area (TPSA) is 69.1 Å². The summed E-state index contributed by atoms with van der Waals surface area (Å²) in [6, 6.07) is 0. The van der Waals surface area contributed by atoms with Crippen LogP contribution in [0.4, 0.5) is 0 Å². The van der Waals surface area contributed by atoms with Crippen LogP contribution in [-0.4, -0.2) is 21.9 Å². The zero-order valence-corrected chi connectivity index (χ0v) is 9.70. The summed E-state index contributed by atoms with van der Waals surface area (Å²) in [5.41, 5.74) is 10.5. The van der Waals surface area contributed by atoms with Crippen molar-refractivity contribution in [2.75, 3.05) is 5.75 Å². The molecular formula is C9H20N2OS. The molecule has 78 valence electrons. The summed E-state index contributed by atoms with van der Waals surface area (Å²) in [6.07, 6.45) is 0.246. The number of nitrogens with two attached hydrogens (primary N) is 2. The van der Waals surface area contributed by atoms with Crippen LogP contribution in [0.15, 0.2) is 0 Å². The van der Waals surface area contributed by atoms with E-state index in [0.717, 1.165) is 5.75 Å². The van der Waals surface area contributed by atoms with Crippen LogP contribution in [0.2, 0.25) is 0 Å². The summed E-state index contributed by atoms with van der Waals surface area (Å²) in [5.74, 6) is 0.416. The van der Waals surface area contributed by atoms with E-state index < -0.39 is 5.54 Å². The first-order valence-electron chi connectivity index (χ1n) is 4.33. The molecular weight excluding hydrogens is 184 g/mol. The Morgan fingerprint density at radius 3 is 2.08 bits per heavy atom. The fourth-order valence-electron chi connectivity index (χ4n) is 0.830. The van der Waals surface area contributed by atoms with Crippen LogP contribution in [0.25, 0.3) is 0 Å². The Labute approximate surface area is 84.6 Å². The van der Waals surface area contributed by atoms with Crippen molar-refractivity contribution in [1.29, 1.82) is 0 Å². The third-order valence-corrected chi connectivity index (χ3v) is 3.08. The van der Waals surface area contributed by atoms with E-state index in [-0.39, 0.29) is 17.1 Å². The highest BCUT2D eigenvalue weighted by molar-refractivity contribution is 8.00. The van der Waals surface area contributed by atoms with Crippen LogP contribution in [0, 0.1) is 0 Å². The van der Waals surface area contributed by atoms with E-state index in [1.165, 1.54) is 0 Å². The number of rotatable bonds is 4. The lowest BCUT2D eigenvalue weighted by Gasteiger charge is -2.27. The largest absolute Gasteiger partial charge is 0.370 e. The second-order valence-corrected chi connectivity index (χ2v) is 6.50. The van der Waals surface area contributed by atoms with Crippen molar-refractivity contribution in [3.63, 3.8) is 0 Å². The highest BCUT2D eigenvalue weighted by Gasteiger charge is 2.24. The molecule has 0 aromatic carbocycles. The van der Waals surface area contributed by atoms with Gasteiger partial charge in [-0.15, -0.1) is 0 Å². The van der Waals surface area contributed by atoms with Gasteiger partial charge in [0.25, 0.3) is 0 Å². The first kappa shape index (κ1) is 12.8. The maximum absolute atomic E-state index is 10.7. The number of primary amides is 1. The van der Waals surface area contributed by atoms with E-state index >= 15 is 0 Å². The molecule has 4 N–H and O–H groups in total. The van der Waals surface area contributed by atoms with Gasteiger partial charge in [-0.1, -0.05) is 20.8 Å². The molecule has 3 nitrogen and oxygen atoms in total. The Hall–Kier alpha value is -0.220. The first-order chi connectivity index (χ1) is 5.62. The Morgan fingerprint density at radius 1 is 1.31 bits per heavy atom. The van der Waals surface area contributed by atoms with Gasteiger partial charge in [0.15, 0.2) is 0 Å². The quantitative estimate of drug-likeness (QED) is 0.720. The van der Waals surface area contributed by atoms with Gasteiger partial charge in [0.05, 0.1) is 0 Å². The molecule has 0 aliphatic rings. The van der Waals surface area contributed by atoms with Gasteiger partial charge in [-0.2, -0.15) is 11.8 Å². The maximum Gasteiger partial charge on any atom is 0.219 e. The summed E-state index contributed by atoms with van der Waals surface area (Å²) in [4.78, 5) is 10.7. The smallest absolute Gasteiger partial charge is 0.219 e. The van der Waals surface area contributed by atoms with E-state index in [2.05, 4.69) is 20.8 Å². The minimum atomic E-state index is -0.482. The zero-order chi connectivity index (χ0) is 10.7. The minimum Gasteiger partial charge on any atom is -0.370 e. The molecule has 0 spiro atoms. The molecule has 0 aromatic rings. The van der Waals surface area contributed by atoms with Gasteiger partial charge in [0.1, 0.15) is 0 Å². The molecule has 13 heavy (non-hydrogen) atoms. The number of carbonyl (C=O) groups is 1. The fraction of sp³-hybridized carbons (Fsp3) is 0.889. The Morgan fingerprint density at radius 2 is 1.77 bits per heavy atom. The average molecular weight is 204 g/mol. The van der Waals surface area contributed by atoms with Gasteiger partial charge < -0.3 is 11.5 Å². The number of hydrogen-bond donors (Lipinski definition) is 2. The molecule has 1 amide bonds. The summed E-state index contributed by atoms with van der Waals surface area (Å²) >= 11 is 1.75. The summed E-state index contributed by atoms with van der Waals surface area (Å²) < 4.78 is 0.179. The second kappa shape index (κ2) is 4.33. The van der Waals surface area contributed by atoms with Gasteiger partial charge >= 0.3 is 0 Å². The van der Waals surface area contributed by atoms with Crippen molar-refractivity contribution in [2.24, 2.45) is 11.5 Å². The van der Waals surface area contributed by atoms with E-state index in [4.69, 9.17) is 11.5 Å². The normalized spacial score (nSPS) is 16.7. The van der Waals surface area contributed by atoms with Gasteiger partial charge in [-0.25, -0.2) is 0 Å². The van der Waals surface area contributed by atoms with Crippen LogP contribution in [0.5, 0.6) is 0 Å². The molecule has 0 saturated heterocycles. The van der Waals surface area contributed by atoms with Crippen LogP contribution >= 0.6 is 11.8 Å². The molecule has 0 radical (unpaired) electrons. The molecule has 0 aliphatic carbocycles. The van der Waals surface area contributed by atoms with E-state index in [0.29, 0.717) is 0 Å². The average Bonchev–Trinajstić information content (AvgIpc) is 1.79. The Balaban J connectivity index is 3.96. The molecule has 4 heteroatoms. The van der Waals surface area contributed by atoms with Crippen LogP contribution < -0.4 is 11.5 Å². The predicted octanol–water partition coefficient (Wildman–Crippen LogP) is 1.11. The van der Waals surface area contributed by atoms with Crippen molar-refractivity contribution in [1.82, 2.24) is 0 Å². The number of hydrogen-bond acceptors (Lipinski definition) is 3. The lowest BCUT2D eigenvalue weighted by Crippen LogP contribution is -2.43. The standard InChI is InChI=1S/C9H20N2OS/c1-8(2,3)13-6-9(4,11)5-7(10)12/h5-6,11H2,1-4H3,(H2,10,12). The summed E-state index contributed by atoms with van der Waals surface area (Å²) in [7, 11) is 0. The van der Waals surface area contributed by atoms with E-state index in [1.54, 1.807) is 11.8 Å². The molecule has 0 aliphatic heterocycles. The predicted molar refractivity (Wildman–Crippen MR) is 58.6 cm³/mol. The molecule has 0 saturated carbocycles. The number of amides is 1. The third kappa shape index (κ3) is 8.12. The highest BCUT2D eigenvalue weighted by Crippen LogP contribution is 2.27. The molecule has 0 aromatic heterocycles. The number of thioether (sulfide) groups is 1. The van der Waals surface area contributed by atoms with Gasteiger partial charge in [0, 0.05) is 22.5 Å². The van der Waals surface area contributed by atoms with Crippen molar-refractivity contribution in [2.45, 2.75) is 44.4 Å². The molecule has 0 rings (SSSR count). The molecule has 0 fully saturated rings. The molecule has 0 heterocycles. The maximum atomic E-state index is 10.7. The van der Waals surface area contributed by atoms with Crippen molar-refractivity contribution in [3.05, 3.63) is 0 Å². The molecule has 1 atom stereocenters. The van der Waals surface area contributed by atoms with Crippen molar-refractivity contribution in [3.8, 4) is 0 Å². The number of carbonyl (C=O) groups excluding carboxylic acids is 1. The molecule has 1 unspecified atom stereocenters. The van der Waals surface area contributed by atoms with Crippen LogP contribution in [-0.2, 0) is 4.79 Å². The lowest BCUT2D eigenvalue weighted by molar-refractivity contribution is -0.118. The first-order valence-corrected chi connectivity index (χ1v) is 5.32. The Bertz CT molecular complexity index is 185. The fourth-order valence-corrected chi connectivity index (χ4v) is 1.70. The van der Waals surface area contributed by atoms with Crippen LogP contribution in [0.3, 0.4) is 0 Å². The van der Waals surface area contributed by atoms with Crippen LogP contribution in [0.1, 0.15) is 34.1 Å². The minimum absolute atomic E-state index is 0.179. The van der Waals surface area contributed by atoms with E-state index in [9.17, 15) is 4.79 Å². The lowest BCUT2D eigenvalue weighted by atomic mass is 10.0. The highest BCUT2D eigenvalue weighted by atomic mass is 32.2. The van der Waals surface area contributed by atoms with Crippen molar-refractivity contribution < 1.29 is 4.79 Å². The summed E-state index contributed by atoms with van der Waals surface area (Å²) in [5, 5.41) is 0. The summed E-state index contributed by atoms with van der Waals surface area (Å²) in [6.45, 7) is 8.23. The van der Waals surface area contributed by atoms with Gasteiger partial charge in [-0.3, -0.25) is 4.79 Å². The molecule has 0 bridgehead atoms. The van der Waals surface area contributed by atoms with E-state index in [1.807, 2.05) is 6.92 Å². The monoisotopic (exact) mass is 204 g/mol. The SMILES string of the molecule is CC(N)(CSC(C)(C)C)CC(N)=O. The van der Waals surface area contributed by atoms with Gasteiger partial charge in [0.2, 0.25) is 5.91 Å².